The molecule has 1 aliphatic rings. The van der Waals surface area contributed by atoms with E-state index >= 15 is 0 Å². The first-order chi connectivity index (χ1) is 23.8. The summed E-state index contributed by atoms with van der Waals surface area (Å²) in [5.41, 5.74) is 5.50. The van der Waals surface area contributed by atoms with Gasteiger partial charge in [0.1, 0.15) is 11.9 Å². The van der Waals surface area contributed by atoms with Crippen molar-refractivity contribution in [2.45, 2.75) is 39.0 Å². The number of nitrogens with zero attached hydrogens (tertiary/aromatic N) is 2. The Morgan fingerprint density at radius 2 is 1.63 bits per heavy atom. The highest BCUT2D eigenvalue weighted by molar-refractivity contribution is 6.06. The third-order valence-corrected chi connectivity index (χ3v) is 9.22. The number of nitrogens with one attached hydrogen (secondary N) is 2. The summed E-state index contributed by atoms with van der Waals surface area (Å²) in [4.78, 5) is 30.8. The van der Waals surface area contributed by atoms with Crippen molar-refractivity contribution in [2.75, 3.05) is 37.4 Å². The van der Waals surface area contributed by atoms with Crippen molar-refractivity contribution in [3.63, 3.8) is 0 Å². The average molecular weight is 657 g/mol. The molecule has 5 aromatic carbocycles. The molecule has 3 atom stereocenters. The Kier molecular flexibility index (Phi) is 10.6. The maximum Gasteiger partial charge on any atom is 0.323 e. The van der Waals surface area contributed by atoms with Gasteiger partial charge in [0, 0.05) is 42.2 Å². The number of carbonyl (C=O) groups excluding carboxylic acids is 2. The number of carbonyl (C=O) groups is 2. The normalized spacial score (nSPS) is 17.0. The molecule has 5 aromatic rings. The highest BCUT2D eigenvalue weighted by Crippen LogP contribution is 2.30. The quantitative estimate of drug-likeness (QED) is 0.153. The van der Waals surface area contributed by atoms with Crippen LogP contribution in [0, 0.1) is 5.92 Å². The molecule has 0 spiro atoms. The molecule has 0 saturated heterocycles. The second-order valence-corrected chi connectivity index (χ2v) is 13.1. The molecule has 6 rings (SSSR count). The van der Waals surface area contributed by atoms with E-state index in [1.807, 2.05) is 79.7 Å². The van der Waals surface area contributed by atoms with Crippen LogP contribution >= 0.6 is 0 Å². The summed E-state index contributed by atoms with van der Waals surface area (Å²) >= 11 is 0. The van der Waals surface area contributed by atoms with Gasteiger partial charge in [0.15, 0.2) is 0 Å². The maximum absolute atomic E-state index is 13.7. The van der Waals surface area contributed by atoms with E-state index in [0.29, 0.717) is 35.8 Å². The fraction of sp³-hybridized carbons (Fsp3) is 0.268. The largest absolute Gasteiger partial charge is 0.488 e. The Balaban J connectivity index is 1.19. The zero-order valence-corrected chi connectivity index (χ0v) is 28.3. The van der Waals surface area contributed by atoms with E-state index in [1.54, 1.807) is 11.0 Å². The predicted molar refractivity (Wildman–Crippen MR) is 197 cm³/mol. The van der Waals surface area contributed by atoms with Crippen molar-refractivity contribution in [2.24, 2.45) is 5.92 Å². The van der Waals surface area contributed by atoms with E-state index in [2.05, 4.69) is 65.9 Å². The minimum absolute atomic E-state index is 0.0175. The Labute approximate surface area is 288 Å². The van der Waals surface area contributed by atoms with Crippen LogP contribution in [0.5, 0.6) is 5.75 Å². The highest BCUT2D eigenvalue weighted by Gasteiger charge is 2.31. The number of benzene rings is 5. The summed E-state index contributed by atoms with van der Waals surface area (Å²) in [5.74, 6) is 0.503. The lowest BCUT2D eigenvalue weighted by molar-refractivity contribution is -0.134. The highest BCUT2D eigenvalue weighted by atomic mass is 16.5. The van der Waals surface area contributed by atoms with Crippen molar-refractivity contribution in [3.8, 4) is 16.9 Å². The molecule has 1 aliphatic heterocycles. The predicted octanol–water partition coefficient (Wildman–Crippen LogP) is 7.43. The van der Waals surface area contributed by atoms with Gasteiger partial charge >= 0.3 is 6.03 Å². The van der Waals surface area contributed by atoms with E-state index < -0.39 is 0 Å². The molecule has 1 heterocycles. The summed E-state index contributed by atoms with van der Waals surface area (Å²) in [6, 6.07) is 37.4. The lowest BCUT2D eigenvalue weighted by Crippen LogP contribution is -2.47. The molecule has 0 bridgehead atoms. The molecule has 8 heteroatoms. The van der Waals surface area contributed by atoms with Gasteiger partial charge in [0.2, 0.25) is 5.91 Å². The topological polar surface area (TPSA) is 94.1 Å². The minimum Gasteiger partial charge on any atom is -0.488 e. The minimum atomic E-state index is -0.382. The number of urea groups is 1. The molecule has 0 fully saturated rings. The Hall–Kier alpha value is -5.18. The maximum atomic E-state index is 13.7. The smallest absolute Gasteiger partial charge is 0.323 e. The Morgan fingerprint density at radius 3 is 2.41 bits per heavy atom. The first kappa shape index (κ1) is 33.7. The molecule has 49 heavy (non-hydrogen) atoms. The Morgan fingerprint density at radius 1 is 0.918 bits per heavy atom. The number of aliphatic hydroxyl groups is 1. The van der Waals surface area contributed by atoms with Gasteiger partial charge in [-0.05, 0) is 60.3 Å². The van der Waals surface area contributed by atoms with Crippen LogP contribution in [-0.2, 0) is 17.8 Å². The van der Waals surface area contributed by atoms with Gasteiger partial charge in [-0.25, -0.2) is 4.79 Å². The number of anilines is 2. The van der Waals surface area contributed by atoms with Crippen LogP contribution in [0.3, 0.4) is 0 Å². The number of fused-ring (bicyclic) bond motifs is 2. The second kappa shape index (κ2) is 15.4. The van der Waals surface area contributed by atoms with Gasteiger partial charge in [0.25, 0.3) is 0 Å². The summed E-state index contributed by atoms with van der Waals surface area (Å²) in [6.45, 7) is 5.64. The number of amides is 3. The zero-order valence-electron chi connectivity index (χ0n) is 28.3. The number of hydrogen-bond donors (Lipinski definition) is 3. The van der Waals surface area contributed by atoms with E-state index in [0.717, 1.165) is 17.3 Å². The summed E-state index contributed by atoms with van der Waals surface area (Å²) in [6.07, 6.45) is -0.150. The van der Waals surface area contributed by atoms with Gasteiger partial charge in [0.05, 0.1) is 24.8 Å². The van der Waals surface area contributed by atoms with Crippen molar-refractivity contribution in [1.29, 1.82) is 0 Å². The van der Waals surface area contributed by atoms with Gasteiger partial charge in [-0.3, -0.25) is 9.69 Å². The zero-order chi connectivity index (χ0) is 34.3. The van der Waals surface area contributed by atoms with E-state index in [4.69, 9.17) is 4.74 Å². The van der Waals surface area contributed by atoms with E-state index in [-0.39, 0.29) is 43.0 Å². The molecule has 252 valence electrons. The molecule has 8 nitrogen and oxygen atoms in total. The number of hydrogen-bond acceptors (Lipinski definition) is 5. The van der Waals surface area contributed by atoms with Crippen LogP contribution in [-0.4, -0.2) is 65.7 Å². The van der Waals surface area contributed by atoms with Gasteiger partial charge in [-0.2, -0.15) is 0 Å². The molecular formula is C41H44N4O4. The molecular weight excluding hydrogens is 612 g/mol. The fourth-order valence-electron chi connectivity index (χ4n) is 6.46. The summed E-state index contributed by atoms with van der Waals surface area (Å²) in [7, 11) is 2.08. The molecule has 0 aromatic heterocycles. The lowest BCUT2D eigenvalue weighted by Gasteiger charge is -2.34. The third-order valence-electron chi connectivity index (χ3n) is 9.22. The summed E-state index contributed by atoms with van der Waals surface area (Å²) in [5, 5.41) is 17.9. The van der Waals surface area contributed by atoms with Gasteiger partial charge in [-0.15, -0.1) is 0 Å². The second-order valence-electron chi connectivity index (χ2n) is 13.1. The van der Waals surface area contributed by atoms with Crippen LogP contribution in [0.1, 0.15) is 25.0 Å². The number of rotatable bonds is 9. The van der Waals surface area contributed by atoms with Crippen molar-refractivity contribution < 1.29 is 19.4 Å². The van der Waals surface area contributed by atoms with Crippen LogP contribution in [0.15, 0.2) is 115 Å². The van der Waals surface area contributed by atoms with E-state index in [1.165, 1.54) is 16.7 Å². The SMILES string of the molecule is C[C@H]1CN([C@@H](C)CO)C(=O)Cc2cc(NC(=O)Nc3cccc4ccccc34)ccc2O[C@H]1CN(C)Cc1ccc(-c2ccccc2)cc1. The van der Waals surface area contributed by atoms with Crippen molar-refractivity contribution >= 4 is 34.1 Å². The first-order valence-electron chi connectivity index (χ1n) is 16.9. The average Bonchev–Trinajstić information content (AvgIpc) is 3.15. The first-order valence-corrected chi connectivity index (χ1v) is 16.9. The molecule has 3 N–H and O–H groups in total. The fourth-order valence-corrected chi connectivity index (χ4v) is 6.46. The summed E-state index contributed by atoms with van der Waals surface area (Å²) < 4.78 is 6.72. The monoisotopic (exact) mass is 656 g/mol. The van der Waals surface area contributed by atoms with Gasteiger partial charge < -0.3 is 25.4 Å². The van der Waals surface area contributed by atoms with Crippen LogP contribution in [0.2, 0.25) is 0 Å². The van der Waals surface area contributed by atoms with Crippen molar-refractivity contribution in [1.82, 2.24) is 9.80 Å². The third kappa shape index (κ3) is 8.28. The molecule has 3 amide bonds. The number of ether oxygens (including phenoxy) is 1. The van der Waals surface area contributed by atoms with E-state index in [9.17, 15) is 14.7 Å². The standard InChI is InChI=1S/C41H44N4O4/c1-28-24-45(29(2)27-46)40(47)23-34-22-35(42-41(48)43-37-15-9-13-33-12-7-8-14-36(33)37)20-21-38(34)49-39(28)26-44(3)25-30-16-18-32(19-17-30)31-10-5-4-6-11-31/h4-22,28-29,39,46H,23-27H2,1-3H3,(H2,42,43,48)/t28-,29-,39-/m0/s1. The lowest BCUT2D eigenvalue weighted by atomic mass is 10.0. The molecule has 0 radical (unpaired) electrons. The molecule has 0 unspecified atom stereocenters. The molecule has 0 aliphatic carbocycles. The van der Waals surface area contributed by atoms with Gasteiger partial charge in [-0.1, -0.05) is 97.9 Å². The van der Waals surface area contributed by atoms with Crippen LogP contribution < -0.4 is 15.4 Å². The number of aliphatic hydroxyl groups excluding tert-OH is 1. The number of likely N-dealkylation sites (N-methyl/N-ethyl adjacent to an activating group) is 1. The van der Waals surface area contributed by atoms with Crippen LogP contribution in [0.4, 0.5) is 16.2 Å². The van der Waals surface area contributed by atoms with Crippen molar-refractivity contribution in [3.05, 3.63) is 126 Å². The van der Waals surface area contributed by atoms with Crippen LogP contribution in [0.25, 0.3) is 21.9 Å². The molecule has 0 saturated carbocycles. The Bertz CT molecular complexity index is 1890.